The zero-order chi connectivity index (χ0) is 11.5. The third-order valence-corrected chi connectivity index (χ3v) is 2.52. The molecule has 0 amide bonds. The van der Waals surface area contributed by atoms with Crippen molar-refractivity contribution >= 4 is 0 Å². The van der Waals surface area contributed by atoms with Crippen molar-refractivity contribution in [2.24, 2.45) is 0 Å². The van der Waals surface area contributed by atoms with E-state index in [1.807, 2.05) is 31.2 Å². The summed E-state index contributed by atoms with van der Waals surface area (Å²) in [5.41, 5.74) is 4.50. The Bertz CT molecular complexity index is 366. The number of fused-ring (bicyclic) bond motifs is 1. The highest BCUT2D eigenvalue weighted by molar-refractivity contribution is 5.44. The molecular formula is C12H18N2O2. The predicted molar refractivity (Wildman–Crippen MR) is 62.7 cm³/mol. The van der Waals surface area contributed by atoms with Crippen LogP contribution in [0.4, 0.5) is 0 Å². The van der Waals surface area contributed by atoms with Crippen LogP contribution in [0.1, 0.15) is 18.5 Å². The number of nitrogens with one attached hydrogen (secondary N) is 1. The summed E-state index contributed by atoms with van der Waals surface area (Å²) < 4.78 is 11.0. The van der Waals surface area contributed by atoms with Gasteiger partial charge in [-0.25, -0.2) is 5.43 Å². The van der Waals surface area contributed by atoms with Crippen LogP contribution in [0.3, 0.4) is 0 Å². The highest BCUT2D eigenvalue weighted by Gasteiger charge is 2.14. The van der Waals surface area contributed by atoms with Gasteiger partial charge in [0.25, 0.3) is 0 Å². The monoisotopic (exact) mass is 222 g/mol. The van der Waals surface area contributed by atoms with Crippen LogP contribution in [0, 0.1) is 0 Å². The molecule has 4 heteroatoms. The number of rotatable bonds is 3. The van der Waals surface area contributed by atoms with Gasteiger partial charge < -0.3 is 9.47 Å². The molecule has 0 saturated carbocycles. The minimum Gasteiger partial charge on any atom is -0.486 e. The molecule has 2 rings (SSSR count). The van der Waals surface area contributed by atoms with Gasteiger partial charge in [-0.05, 0) is 24.6 Å². The summed E-state index contributed by atoms with van der Waals surface area (Å²) >= 11 is 0. The zero-order valence-corrected chi connectivity index (χ0v) is 9.99. The SMILES string of the molecule is CC(NN(C)C)c1ccc2c(c1)OCCO2. The van der Waals surface area contributed by atoms with Crippen LogP contribution < -0.4 is 14.9 Å². The second-order valence-corrected chi connectivity index (χ2v) is 4.15. The minimum atomic E-state index is 0.255. The largest absolute Gasteiger partial charge is 0.486 e. The van der Waals surface area contributed by atoms with E-state index in [0.717, 1.165) is 11.5 Å². The van der Waals surface area contributed by atoms with Crippen molar-refractivity contribution in [3.63, 3.8) is 0 Å². The van der Waals surface area contributed by atoms with Crippen molar-refractivity contribution in [1.29, 1.82) is 0 Å². The Hall–Kier alpha value is -1.26. The molecule has 1 heterocycles. The molecule has 1 unspecified atom stereocenters. The molecule has 4 nitrogen and oxygen atoms in total. The molecule has 0 bridgehead atoms. The average Bonchev–Trinajstić information content (AvgIpc) is 2.27. The van der Waals surface area contributed by atoms with Crippen LogP contribution >= 0.6 is 0 Å². The van der Waals surface area contributed by atoms with Gasteiger partial charge in [0.2, 0.25) is 0 Å². The Balaban J connectivity index is 2.16. The minimum absolute atomic E-state index is 0.255. The maximum Gasteiger partial charge on any atom is 0.161 e. The standard InChI is InChI=1S/C12H18N2O2/c1-9(13-14(2)3)10-4-5-11-12(8-10)16-7-6-15-11/h4-5,8-9,13H,6-7H2,1-3H3. The molecule has 0 aliphatic carbocycles. The summed E-state index contributed by atoms with van der Waals surface area (Å²) in [5.74, 6) is 1.68. The molecule has 1 aliphatic heterocycles. The van der Waals surface area contributed by atoms with Crippen molar-refractivity contribution in [2.75, 3.05) is 27.3 Å². The summed E-state index contributed by atoms with van der Waals surface area (Å²) in [7, 11) is 3.96. The lowest BCUT2D eigenvalue weighted by Crippen LogP contribution is -2.32. The van der Waals surface area contributed by atoms with Gasteiger partial charge in [0.15, 0.2) is 11.5 Å². The van der Waals surface area contributed by atoms with E-state index in [-0.39, 0.29) is 6.04 Å². The molecule has 1 aliphatic rings. The van der Waals surface area contributed by atoms with Gasteiger partial charge in [-0.3, -0.25) is 5.01 Å². The Morgan fingerprint density at radius 1 is 1.19 bits per heavy atom. The number of hydrogen-bond donors (Lipinski definition) is 1. The summed E-state index contributed by atoms with van der Waals surface area (Å²) in [6, 6.07) is 6.33. The Kier molecular flexibility index (Phi) is 3.31. The molecule has 0 saturated heterocycles. The van der Waals surface area contributed by atoms with Crippen molar-refractivity contribution in [3.05, 3.63) is 23.8 Å². The van der Waals surface area contributed by atoms with Gasteiger partial charge in [-0.15, -0.1) is 0 Å². The molecule has 0 radical (unpaired) electrons. The maximum atomic E-state index is 5.55. The lowest BCUT2D eigenvalue weighted by atomic mass is 10.1. The normalized spacial score (nSPS) is 16.2. The van der Waals surface area contributed by atoms with E-state index in [1.165, 1.54) is 5.56 Å². The molecule has 0 aromatic heterocycles. The van der Waals surface area contributed by atoms with Gasteiger partial charge in [-0.1, -0.05) is 6.07 Å². The second-order valence-electron chi connectivity index (χ2n) is 4.15. The van der Waals surface area contributed by atoms with E-state index in [1.54, 1.807) is 0 Å². The maximum absolute atomic E-state index is 5.55. The smallest absolute Gasteiger partial charge is 0.161 e. The lowest BCUT2D eigenvalue weighted by molar-refractivity contribution is 0.171. The van der Waals surface area contributed by atoms with Gasteiger partial charge in [0.05, 0.1) is 0 Å². The second kappa shape index (κ2) is 4.72. The van der Waals surface area contributed by atoms with Crippen LogP contribution in [-0.2, 0) is 0 Å². The summed E-state index contributed by atoms with van der Waals surface area (Å²) in [6.45, 7) is 3.38. The molecule has 1 atom stereocenters. The van der Waals surface area contributed by atoms with E-state index >= 15 is 0 Å². The summed E-state index contributed by atoms with van der Waals surface area (Å²) in [5, 5.41) is 1.95. The molecular weight excluding hydrogens is 204 g/mol. The van der Waals surface area contributed by atoms with Crippen LogP contribution in [0.25, 0.3) is 0 Å². The first-order chi connectivity index (χ1) is 7.66. The number of benzene rings is 1. The van der Waals surface area contributed by atoms with E-state index in [0.29, 0.717) is 13.2 Å². The van der Waals surface area contributed by atoms with Gasteiger partial charge in [0, 0.05) is 20.1 Å². The third-order valence-electron chi connectivity index (χ3n) is 2.52. The number of hydrogen-bond acceptors (Lipinski definition) is 4. The molecule has 1 aromatic rings. The Labute approximate surface area is 96.1 Å². The fourth-order valence-corrected chi connectivity index (χ4v) is 1.79. The first-order valence-corrected chi connectivity index (χ1v) is 5.50. The molecule has 0 spiro atoms. The van der Waals surface area contributed by atoms with Crippen LogP contribution in [0.15, 0.2) is 18.2 Å². The van der Waals surface area contributed by atoms with E-state index in [9.17, 15) is 0 Å². The average molecular weight is 222 g/mol. The Morgan fingerprint density at radius 2 is 1.88 bits per heavy atom. The topological polar surface area (TPSA) is 33.7 Å². The first-order valence-electron chi connectivity index (χ1n) is 5.50. The summed E-state index contributed by atoms with van der Waals surface area (Å²) in [4.78, 5) is 0. The highest BCUT2D eigenvalue weighted by Crippen LogP contribution is 2.32. The molecule has 0 fully saturated rings. The molecule has 16 heavy (non-hydrogen) atoms. The van der Waals surface area contributed by atoms with Gasteiger partial charge >= 0.3 is 0 Å². The van der Waals surface area contributed by atoms with E-state index in [2.05, 4.69) is 18.4 Å². The lowest BCUT2D eigenvalue weighted by Gasteiger charge is -2.23. The van der Waals surface area contributed by atoms with Crippen molar-refractivity contribution in [1.82, 2.24) is 10.4 Å². The quantitative estimate of drug-likeness (QED) is 0.787. The molecule has 1 aromatic carbocycles. The van der Waals surface area contributed by atoms with E-state index in [4.69, 9.17) is 9.47 Å². The zero-order valence-electron chi connectivity index (χ0n) is 9.99. The fraction of sp³-hybridized carbons (Fsp3) is 0.500. The number of hydrazine groups is 1. The van der Waals surface area contributed by atoms with Crippen LogP contribution in [0.2, 0.25) is 0 Å². The molecule has 1 N–H and O–H groups in total. The Morgan fingerprint density at radius 3 is 2.56 bits per heavy atom. The number of ether oxygens (including phenoxy) is 2. The van der Waals surface area contributed by atoms with E-state index < -0.39 is 0 Å². The third kappa shape index (κ3) is 2.46. The fourth-order valence-electron chi connectivity index (χ4n) is 1.79. The van der Waals surface area contributed by atoms with Gasteiger partial charge in [0.1, 0.15) is 13.2 Å². The van der Waals surface area contributed by atoms with Crippen LogP contribution in [-0.4, -0.2) is 32.3 Å². The van der Waals surface area contributed by atoms with Crippen molar-refractivity contribution in [2.45, 2.75) is 13.0 Å². The molecule has 88 valence electrons. The van der Waals surface area contributed by atoms with Crippen molar-refractivity contribution in [3.8, 4) is 11.5 Å². The number of nitrogens with zero attached hydrogens (tertiary/aromatic N) is 1. The first kappa shape index (κ1) is 11.2. The summed E-state index contributed by atoms with van der Waals surface area (Å²) in [6.07, 6.45) is 0. The highest BCUT2D eigenvalue weighted by atomic mass is 16.6. The predicted octanol–water partition coefficient (Wildman–Crippen LogP) is 1.59. The van der Waals surface area contributed by atoms with Crippen LogP contribution in [0.5, 0.6) is 11.5 Å². The van der Waals surface area contributed by atoms with Gasteiger partial charge in [-0.2, -0.15) is 0 Å². The van der Waals surface area contributed by atoms with Crippen molar-refractivity contribution < 1.29 is 9.47 Å².